The largest absolute Gasteiger partial charge is 0.383 e. The van der Waals surface area contributed by atoms with Crippen LogP contribution in [0, 0.1) is 6.92 Å². The van der Waals surface area contributed by atoms with Gasteiger partial charge in [-0.25, -0.2) is 4.99 Å². The minimum Gasteiger partial charge on any atom is -0.383 e. The topological polar surface area (TPSA) is 38.4 Å². The van der Waals surface area contributed by atoms with E-state index in [1.165, 1.54) is 25.7 Å². The molecule has 0 heterocycles. The molecule has 1 fully saturated rings. The van der Waals surface area contributed by atoms with E-state index in [-0.39, 0.29) is 0 Å². The molecular formula is C22H30BN2PS2. The molecule has 2 nitrogen and oxygen atoms in total. The lowest BCUT2D eigenvalue weighted by molar-refractivity contribution is 0.430. The van der Waals surface area contributed by atoms with Crippen molar-refractivity contribution in [1.29, 1.82) is 0 Å². The summed E-state index contributed by atoms with van der Waals surface area (Å²) in [6.45, 7) is 10.2. The maximum absolute atomic E-state index is 6.30. The van der Waals surface area contributed by atoms with Crippen molar-refractivity contribution in [3.8, 4) is 0 Å². The van der Waals surface area contributed by atoms with E-state index < -0.39 is 0 Å². The molecular weight excluding hydrogens is 398 g/mol. The highest BCUT2D eigenvalue weighted by Gasteiger charge is 2.27. The van der Waals surface area contributed by atoms with E-state index in [9.17, 15) is 0 Å². The van der Waals surface area contributed by atoms with Gasteiger partial charge in [-0.1, -0.05) is 18.5 Å². The monoisotopic (exact) mass is 428 g/mol. The normalized spacial score (nSPS) is 24.3. The van der Waals surface area contributed by atoms with E-state index in [0.29, 0.717) is 21.7 Å². The van der Waals surface area contributed by atoms with Crippen LogP contribution in [-0.4, -0.2) is 24.1 Å². The zero-order valence-corrected chi connectivity index (χ0v) is 19.9. The standard InChI is InChI=1S/C22H30BN2PS2/c1-5-16(21(24)25-17-6-7-19(27)14(2)12-17)13-20(15(3)23)28-18-8-10-22(4,26)11-9-18/h5-7,12-13,18,27H,3,8-11,26H2,1-2,4H3,(H2,24,25)/b16-5+,20-13+. The lowest BCUT2D eigenvalue weighted by Gasteiger charge is -2.34. The molecule has 28 heavy (non-hydrogen) atoms. The van der Waals surface area contributed by atoms with E-state index in [1.807, 2.05) is 56.0 Å². The number of aryl methyl sites for hydroxylation is 1. The number of hydrogen-bond acceptors (Lipinski definition) is 3. The van der Waals surface area contributed by atoms with Crippen LogP contribution in [0.15, 0.2) is 62.8 Å². The van der Waals surface area contributed by atoms with Crippen LogP contribution in [0.3, 0.4) is 0 Å². The van der Waals surface area contributed by atoms with Crippen LogP contribution in [0.25, 0.3) is 0 Å². The number of allylic oxidation sites excluding steroid dienone is 2. The van der Waals surface area contributed by atoms with Crippen LogP contribution in [0.4, 0.5) is 5.69 Å². The van der Waals surface area contributed by atoms with Gasteiger partial charge in [0.15, 0.2) is 0 Å². The van der Waals surface area contributed by atoms with Crippen LogP contribution in [0.5, 0.6) is 0 Å². The summed E-state index contributed by atoms with van der Waals surface area (Å²) in [5.74, 6) is 0.467. The SMILES string of the molecule is [B]C(=C)/C(=C\C(=C/C)C(N)=Nc1ccc(S)c(C)c1)SC1CCC(C)(P)CC1. The van der Waals surface area contributed by atoms with Gasteiger partial charge >= 0.3 is 0 Å². The summed E-state index contributed by atoms with van der Waals surface area (Å²) in [6.07, 6.45) is 8.75. The fourth-order valence-electron chi connectivity index (χ4n) is 3.11. The number of nitrogens with zero attached hydrogens (tertiary/aromatic N) is 1. The number of aliphatic imine (C=N–C) groups is 1. The average Bonchev–Trinajstić information content (AvgIpc) is 2.62. The molecule has 1 aromatic carbocycles. The van der Waals surface area contributed by atoms with E-state index >= 15 is 0 Å². The number of nitrogens with two attached hydrogens (primary N) is 1. The minimum atomic E-state index is 0.368. The summed E-state index contributed by atoms with van der Waals surface area (Å²) in [4.78, 5) is 6.49. The molecule has 2 N–H and O–H groups in total. The zero-order valence-electron chi connectivity index (χ0n) is 17.0. The lowest BCUT2D eigenvalue weighted by Crippen LogP contribution is -2.25. The van der Waals surface area contributed by atoms with Crippen molar-refractivity contribution in [3.05, 3.63) is 58.4 Å². The van der Waals surface area contributed by atoms with Crippen molar-refractivity contribution < 1.29 is 0 Å². The molecule has 1 aliphatic carbocycles. The number of hydrogen-bond donors (Lipinski definition) is 2. The van der Waals surface area contributed by atoms with Crippen molar-refractivity contribution >= 4 is 53.0 Å². The Morgan fingerprint density at radius 3 is 2.61 bits per heavy atom. The molecule has 1 unspecified atom stereocenters. The van der Waals surface area contributed by atoms with E-state index in [1.54, 1.807) is 0 Å². The Kier molecular flexibility index (Phi) is 8.54. The van der Waals surface area contributed by atoms with Gasteiger partial charge in [-0.3, -0.25) is 0 Å². The van der Waals surface area contributed by atoms with Gasteiger partial charge in [0.1, 0.15) is 13.7 Å². The van der Waals surface area contributed by atoms with Crippen molar-refractivity contribution in [2.24, 2.45) is 10.7 Å². The van der Waals surface area contributed by atoms with Gasteiger partial charge in [-0.2, -0.15) is 0 Å². The zero-order chi connectivity index (χ0) is 20.9. The molecule has 0 amide bonds. The lowest BCUT2D eigenvalue weighted by atomic mass is 9.89. The highest BCUT2D eigenvalue weighted by atomic mass is 32.2. The Hall–Kier alpha value is -0.895. The molecule has 1 aromatic rings. The molecule has 0 saturated heterocycles. The smallest absolute Gasteiger partial charge is 0.131 e. The van der Waals surface area contributed by atoms with Crippen molar-refractivity contribution in [1.82, 2.24) is 0 Å². The summed E-state index contributed by atoms with van der Waals surface area (Å²) < 4.78 is 0. The van der Waals surface area contributed by atoms with Gasteiger partial charge < -0.3 is 5.73 Å². The number of rotatable bonds is 6. The van der Waals surface area contributed by atoms with Crippen LogP contribution < -0.4 is 5.73 Å². The first kappa shape index (κ1) is 23.4. The van der Waals surface area contributed by atoms with E-state index in [2.05, 4.69) is 40.4 Å². The Morgan fingerprint density at radius 2 is 2.07 bits per heavy atom. The molecule has 2 rings (SSSR count). The summed E-state index contributed by atoms with van der Waals surface area (Å²) >= 11 is 6.22. The number of amidine groups is 1. The predicted octanol–water partition coefficient (Wildman–Crippen LogP) is 6.09. The highest BCUT2D eigenvalue weighted by Crippen LogP contribution is 2.42. The van der Waals surface area contributed by atoms with Gasteiger partial charge in [-0.05, 0) is 74.5 Å². The summed E-state index contributed by atoms with van der Waals surface area (Å²) in [7, 11) is 9.10. The summed E-state index contributed by atoms with van der Waals surface area (Å²) in [5.41, 5.74) is 9.61. The molecule has 6 heteroatoms. The van der Waals surface area contributed by atoms with Crippen molar-refractivity contribution in [2.75, 3.05) is 0 Å². The first-order chi connectivity index (χ1) is 13.1. The predicted molar refractivity (Wildman–Crippen MR) is 134 cm³/mol. The van der Waals surface area contributed by atoms with E-state index in [4.69, 9.17) is 13.6 Å². The third kappa shape index (κ3) is 6.86. The molecule has 0 bridgehead atoms. The molecule has 0 aromatic heterocycles. The Morgan fingerprint density at radius 1 is 1.43 bits per heavy atom. The van der Waals surface area contributed by atoms with Gasteiger partial charge in [0.05, 0.1) is 5.69 Å². The fourth-order valence-corrected chi connectivity index (χ4v) is 4.76. The van der Waals surface area contributed by atoms with Crippen LogP contribution in [0.1, 0.15) is 45.1 Å². The quantitative estimate of drug-likeness (QED) is 0.144. The third-order valence-electron chi connectivity index (χ3n) is 5.01. The van der Waals surface area contributed by atoms with Crippen LogP contribution in [0.2, 0.25) is 0 Å². The Balaban J connectivity index is 2.19. The van der Waals surface area contributed by atoms with Gasteiger partial charge in [0.25, 0.3) is 0 Å². The molecule has 148 valence electrons. The average molecular weight is 428 g/mol. The summed E-state index contributed by atoms with van der Waals surface area (Å²) in [6, 6.07) is 5.82. The van der Waals surface area contributed by atoms with Crippen LogP contribution in [-0.2, 0) is 0 Å². The Bertz CT molecular complexity index is 818. The van der Waals surface area contributed by atoms with Gasteiger partial charge in [0.2, 0.25) is 0 Å². The second kappa shape index (κ2) is 10.2. The van der Waals surface area contributed by atoms with Crippen LogP contribution >= 0.6 is 33.6 Å². The van der Waals surface area contributed by atoms with Crippen molar-refractivity contribution in [3.63, 3.8) is 0 Å². The number of benzene rings is 1. The first-order valence-electron chi connectivity index (χ1n) is 9.54. The number of thioether (sulfide) groups is 1. The van der Waals surface area contributed by atoms with Crippen molar-refractivity contribution in [2.45, 2.75) is 61.8 Å². The third-order valence-corrected chi connectivity index (χ3v) is 7.53. The molecule has 2 radical (unpaired) electrons. The maximum Gasteiger partial charge on any atom is 0.131 e. The second-order valence-corrected chi connectivity index (χ2v) is 10.9. The molecule has 1 aliphatic rings. The fraction of sp³-hybridized carbons (Fsp3) is 0.409. The van der Waals surface area contributed by atoms with Gasteiger partial charge in [-0.15, -0.1) is 40.2 Å². The minimum absolute atomic E-state index is 0.368. The first-order valence-corrected chi connectivity index (χ1v) is 11.4. The Labute approximate surface area is 183 Å². The van der Waals surface area contributed by atoms with E-state index in [0.717, 1.165) is 26.6 Å². The maximum atomic E-state index is 6.30. The summed E-state index contributed by atoms with van der Waals surface area (Å²) in [5, 5.41) is 0.925. The molecule has 1 saturated carbocycles. The highest BCUT2D eigenvalue weighted by molar-refractivity contribution is 8.04. The second-order valence-electron chi connectivity index (χ2n) is 7.72. The number of thiol groups is 1. The van der Waals surface area contributed by atoms with Gasteiger partial charge in [0, 0.05) is 20.6 Å². The molecule has 0 aliphatic heterocycles. The molecule has 0 spiro atoms. The molecule has 1 atom stereocenters.